The smallest absolute Gasteiger partial charge is 0.236 e. The second kappa shape index (κ2) is 6.88. The van der Waals surface area contributed by atoms with E-state index in [1.165, 1.54) is 0 Å². The number of anilines is 1. The highest BCUT2D eigenvalue weighted by atomic mass is 32.1. The molecule has 0 unspecified atom stereocenters. The van der Waals surface area contributed by atoms with Crippen molar-refractivity contribution in [1.82, 2.24) is 4.98 Å². The first-order valence-corrected chi connectivity index (χ1v) is 8.39. The molecule has 0 spiro atoms. The number of aryl methyl sites for hydroxylation is 2. The molecule has 2 heterocycles. The summed E-state index contributed by atoms with van der Waals surface area (Å²) in [6.07, 6.45) is 0.151. The molecule has 0 saturated carbocycles. The van der Waals surface area contributed by atoms with Gasteiger partial charge in [-0.15, -0.1) is 11.3 Å². The predicted molar refractivity (Wildman–Crippen MR) is 94.6 cm³/mol. The molecule has 0 radical (unpaired) electrons. The third-order valence-corrected chi connectivity index (χ3v) is 4.44. The van der Waals surface area contributed by atoms with E-state index in [2.05, 4.69) is 10.3 Å². The normalized spacial score (nSPS) is 10.6. The van der Waals surface area contributed by atoms with Gasteiger partial charge in [0.1, 0.15) is 11.5 Å². The van der Waals surface area contributed by atoms with Crippen LogP contribution in [-0.2, 0) is 11.2 Å². The largest absolute Gasteiger partial charge is 0.495 e. The van der Waals surface area contributed by atoms with Crippen LogP contribution >= 0.6 is 11.3 Å². The highest BCUT2D eigenvalue weighted by Gasteiger charge is 2.16. The molecule has 0 saturated heterocycles. The first kappa shape index (κ1) is 16.3. The molecule has 3 rings (SSSR count). The first-order chi connectivity index (χ1) is 11.6. The number of oxazole rings is 1. The van der Waals surface area contributed by atoms with Crippen LogP contribution in [0.3, 0.4) is 0 Å². The van der Waals surface area contributed by atoms with Crippen molar-refractivity contribution in [2.45, 2.75) is 20.3 Å². The minimum Gasteiger partial charge on any atom is -0.495 e. The zero-order valence-corrected chi connectivity index (χ0v) is 14.6. The Hall–Kier alpha value is -2.60. The lowest BCUT2D eigenvalue weighted by Gasteiger charge is -2.10. The Bertz CT molecular complexity index is 853. The highest BCUT2D eigenvalue weighted by molar-refractivity contribution is 7.13. The van der Waals surface area contributed by atoms with Gasteiger partial charge >= 0.3 is 0 Å². The fourth-order valence-corrected chi connectivity index (χ4v) is 3.01. The first-order valence-electron chi connectivity index (χ1n) is 7.51. The number of carbonyl (C=O) groups excluding carboxylic acids is 1. The van der Waals surface area contributed by atoms with Crippen molar-refractivity contribution in [1.29, 1.82) is 0 Å². The number of nitrogens with zero attached hydrogens (tertiary/aromatic N) is 1. The van der Waals surface area contributed by atoms with Crippen LogP contribution in [0, 0.1) is 13.8 Å². The Balaban J connectivity index is 1.75. The number of benzene rings is 1. The van der Waals surface area contributed by atoms with E-state index in [0.717, 1.165) is 10.4 Å². The van der Waals surface area contributed by atoms with E-state index in [9.17, 15) is 4.79 Å². The van der Waals surface area contributed by atoms with Crippen molar-refractivity contribution in [3.8, 4) is 16.5 Å². The lowest BCUT2D eigenvalue weighted by atomic mass is 10.2. The van der Waals surface area contributed by atoms with Crippen LogP contribution in [0.4, 0.5) is 5.69 Å². The van der Waals surface area contributed by atoms with Crippen LogP contribution in [0.25, 0.3) is 10.8 Å². The molecular weight excluding hydrogens is 324 g/mol. The summed E-state index contributed by atoms with van der Waals surface area (Å²) in [7, 11) is 1.58. The molecule has 0 fully saturated rings. The maximum absolute atomic E-state index is 12.4. The molecule has 124 valence electrons. The zero-order chi connectivity index (χ0) is 17.1. The molecule has 1 N–H and O–H groups in total. The molecule has 2 aromatic heterocycles. The third kappa shape index (κ3) is 3.49. The van der Waals surface area contributed by atoms with Crippen LogP contribution in [0.15, 0.2) is 40.1 Å². The van der Waals surface area contributed by atoms with Crippen molar-refractivity contribution in [2.24, 2.45) is 0 Å². The predicted octanol–water partition coefficient (Wildman–Crippen LogP) is 4.21. The molecular formula is C18H18N2O3S. The molecule has 0 atom stereocenters. The molecule has 24 heavy (non-hydrogen) atoms. The topological polar surface area (TPSA) is 64.4 Å². The van der Waals surface area contributed by atoms with Gasteiger partial charge in [0.2, 0.25) is 11.8 Å². The van der Waals surface area contributed by atoms with Crippen molar-refractivity contribution in [3.63, 3.8) is 0 Å². The average Bonchev–Trinajstić information content (AvgIpc) is 3.18. The SMILES string of the molecule is COc1ccc(C)cc1NC(=O)Cc1nc(-c2cccs2)oc1C. The lowest BCUT2D eigenvalue weighted by Crippen LogP contribution is -2.15. The number of thiophene rings is 1. The summed E-state index contributed by atoms with van der Waals surface area (Å²) < 4.78 is 10.9. The second-order valence-corrected chi connectivity index (χ2v) is 6.38. The molecule has 1 aromatic carbocycles. The number of rotatable bonds is 5. The number of ether oxygens (including phenoxy) is 1. The quantitative estimate of drug-likeness (QED) is 0.754. The number of carbonyl (C=O) groups is 1. The van der Waals surface area contributed by atoms with E-state index < -0.39 is 0 Å². The average molecular weight is 342 g/mol. The highest BCUT2D eigenvalue weighted by Crippen LogP contribution is 2.27. The number of aromatic nitrogens is 1. The standard InChI is InChI=1S/C18H18N2O3S/c1-11-6-7-15(22-3)14(9-11)19-17(21)10-13-12(2)23-18(20-13)16-5-4-8-24-16/h4-9H,10H2,1-3H3,(H,19,21). The van der Waals surface area contributed by atoms with Crippen molar-refractivity contribution in [2.75, 3.05) is 12.4 Å². The summed E-state index contributed by atoms with van der Waals surface area (Å²) in [6.45, 7) is 3.78. The Morgan fingerprint density at radius 3 is 2.88 bits per heavy atom. The van der Waals surface area contributed by atoms with E-state index in [0.29, 0.717) is 28.8 Å². The maximum Gasteiger partial charge on any atom is 0.236 e. The molecule has 0 aliphatic rings. The van der Waals surface area contributed by atoms with Gasteiger partial charge in [0.25, 0.3) is 0 Å². The Morgan fingerprint density at radius 1 is 1.33 bits per heavy atom. The van der Waals surface area contributed by atoms with Gasteiger partial charge < -0.3 is 14.5 Å². The Morgan fingerprint density at radius 2 is 2.17 bits per heavy atom. The number of nitrogens with one attached hydrogen (secondary N) is 1. The van der Waals surface area contributed by atoms with Gasteiger partial charge in [-0.25, -0.2) is 4.98 Å². The molecule has 3 aromatic rings. The second-order valence-electron chi connectivity index (χ2n) is 5.43. The van der Waals surface area contributed by atoms with E-state index in [4.69, 9.17) is 9.15 Å². The van der Waals surface area contributed by atoms with Gasteiger partial charge in [0.15, 0.2) is 0 Å². The molecule has 5 nitrogen and oxygen atoms in total. The number of amides is 1. The monoisotopic (exact) mass is 342 g/mol. The summed E-state index contributed by atoms with van der Waals surface area (Å²) in [6, 6.07) is 9.53. The van der Waals surface area contributed by atoms with Gasteiger partial charge in [0.05, 0.1) is 29.8 Å². The van der Waals surface area contributed by atoms with Crippen LogP contribution in [0.1, 0.15) is 17.0 Å². The fourth-order valence-electron chi connectivity index (χ4n) is 2.36. The van der Waals surface area contributed by atoms with Gasteiger partial charge in [-0.1, -0.05) is 12.1 Å². The number of methoxy groups -OCH3 is 1. The fraction of sp³-hybridized carbons (Fsp3) is 0.222. The van der Waals surface area contributed by atoms with Gasteiger partial charge in [0, 0.05) is 0 Å². The Kier molecular flexibility index (Phi) is 4.66. The molecule has 0 aliphatic heterocycles. The zero-order valence-electron chi connectivity index (χ0n) is 13.8. The van der Waals surface area contributed by atoms with E-state index in [1.54, 1.807) is 18.4 Å². The van der Waals surface area contributed by atoms with E-state index >= 15 is 0 Å². The van der Waals surface area contributed by atoms with E-state index in [-0.39, 0.29) is 12.3 Å². The molecule has 0 aliphatic carbocycles. The van der Waals surface area contributed by atoms with Gasteiger partial charge in [-0.3, -0.25) is 4.79 Å². The minimum atomic E-state index is -0.159. The number of hydrogen-bond donors (Lipinski definition) is 1. The van der Waals surface area contributed by atoms with Crippen molar-refractivity contribution in [3.05, 3.63) is 52.7 Å². The van der Waals surface area contributed by atoms with Gasteiger partial charge in [-0.05, 0) is 43.0 Å². The summed E-state index contributed by atoms with van der Waals surface area (Å²) in [5.74, 6) is 1.68. The summed E-state index contributed by atoms with van der Waals surface area (Å²) in [5.41, 5.74) is 2.34. The maximum atomic E-state index is 12.4. The van der Waals surface area contributed by atoms with Crippen molar-refractivity contribution >= 4 is 22.9 Å². The van der Waals surface area contributed by atoms with Crippen molar-refractivity contribution < 1.29 is 13.9 Å². The molecule has 0 bridgehead atoms. The number of hydrogen-bond acceptors (Lipinski definition) is 5. The summed E-state index contributed by atoms with van der Waals surface area (Å²) in [4.78, 5) is 17.8. The summed E-state index contributed by atoms with van der Waals surface area (Å²) in [5, 5.41) is 4.84. The molecule has 6 heteroatoms. The third-order valence-electron chi connectivity index (χ3n) is 3.58. The van der Waals surface area contributed by atoms with Crippen LogP contribution in [-0.4, -0.2) is 18.0 Å². The van der Waals surface area contributed by atoms with Crippen LogP contribution < -0.4 is 10.1 Å². The minimum absolute atomic E-state index is 0.151. The van der Waals surface area contributed by atoms with Gasteiger partial charge in [-0.2, -0.15) is 0 Å². The Labute approximate surface area is 144 Å². The van der Waals surface area contributed by atoms with Crippen LogP contribution in [0.5, 0.6) is 5.75 Å². The van der Waals surface area contributed by atoms with E-state index in [1.807, 2.05) is 49.6 Å². The van der Waals surface area contributed by atoms with Crippen LogP contribution in [0.2, 0.25) is 0 Å². The lowest BCUT2D eigenvalue weighted by molar-refractivity contribution is -0.115. The summed E-state index contributed by atoms with van der Waals surface area (Å²) >= 11 is 1.55. The molecule has 1 amide bonds.